The second-order valence-electron chi connectivity index (χ2n) is 5.80. The normalized spacial score (nSPS) is 14.7. The van der Waals surface area contributed by atoms with Crippen LogP contribution in [0.5, 0.6) is 0 Å². The van der Waals surface area contributed by atoms with E-state index < -0.39 is 0 Å². The van der Waals surface area contributed by atoms with Gasteiger partial charge in [0.15, 0.2) is 0 Å². The fourth-order valence-electron chi connectivity index (χ4n) is 2.94. The molecule has 0 aliphatic carbocycles. The van der Waals surface area contributed by atoms with Crippen LogP contribution >= 0.6 is 0 Å². The molecule has 4 rings (SSSR count). The smallest absolute Gasteiger partial charge is 0.225 e. The molecule has 0 spiro atoms. The lowest BCUT2D eigenvalue weighted by Crippen LogP contribution is -2.47. The fourth-order valence-corrected chi connectivity index (χ4v) is 2.94. The van der Waals surface area contributed by atoms with Crippen LogP contribution in [0.3, 0.4) is 0 Å². The zero-order chi connectivity index (χ0) is 16.2. The second-order valence-corrected chi connectivity index (χ2v) is 5.80. The maximum Gasteiger partial charge on any atom is 0.225 e. The Bertz CT molecular complexity index is 766. The van der Waals surface area contributed by atoms with Gasteiger partial charge in [0.2, 0.25) is 5.95 Å². The first kappa shape index (κ1) is 14.6. The highest BCUT2D eigenvalue weighted by molar-refractivity contribution is 5.61. The molecule has 0 N–H and O–H groups in total. The third-order valence-corrected chi connectivity index (χ3v) is 4.28. The van der Waals surface area contributed by atoms with Crippen molar-refractivity contribution >= 4 is 11.8 Å². The van der Waals surface area contributed by atoms with E-state index in [0.717, 1.165) is 49.1 Å². The summed E-state index contributed by atoms with van der Waals surface area (Å²) in [7, 11) is 0. The molecule has 2 aromatic heterocycles. The summed E-state index contributed by atoms with van der Waals surface area (Å²) in [6.45, 7) is 3.67. The molecule has 1 fully saturated rings. The van der Waals surface area contributed by atoms with Crippen molar-refractivity contribution in [3.05, 3.63) is 67.1 Å². The Labute approximate surface area is 141 Å². The van der Waals surface area contributed by atoms with Crippen LogP contribution in [0.15, 0.2) is 67.1 Å². The average molecular weight is 317 g/mol. The number of rotatable bonds is 3. The molecule has 24 heavy (non-hydrogen) atoms. The topological polar surface area (TPSA) is 45.2 Å². The van der Waals surface area contributed by atoms with Gasteiger partial charge in [0.25, 0.3) is 0 Å². The molecule has 120 valence electrons. The van der Waals surface area contributed by atoms with Gasteiger partial charge in [-0.25, -0.2) is 15.0 Å². The molecule has 0 saturated carbocycles. The van der Waals surface area contributed by atoms with Crippen LogP contribution in [0.2, 0.25) is 0 Å². The zero-order valence-electron chi connectivity index (χ0n) is 13.4. The van der Waals surface area contributed by atoms with Gasteiger partial charge in [-0.2, -0.15) is 0 Å². The summed E-state index contributed by atoms with van der Waals surface area (Å²) in [6.07, 6.45) is 5.65. The number of anilines is 2. The fraction of sp³-hybridized carbons (Fsp3) is 0.211. The SMILES string of the molecule is c1ccc(-c2cnc(N3CCN(c4ccccn4)CC3)nc2)cc1. The Kier molecular flexibility index (Phi) is 4.06. The van der Waals surface area contributed by atoms with Crippen molar-refractivity contribution in [2.24, 2.45) is 0 Å². The number of pyridine rings is 1. The number of piperazine rings is 1. The first-order chi connectivity index (χ1) is 11.9. The first-order valence-electron chi connectivity index (χ1n) is 8.18. The van der Waals surface area contributed by atoms with Crippen LogP contribution in [0.4, 0.5) is 11.8 Å². The number of nitrogens with zero attached hydrogens (tertiary/aromatic N) is 5. The number of hydrogen-bond acceptors (Lipinski definition) is 5. The van der Waals surface area contributed by atoms with Gasteiger partial charge in [-0.1, -0.05) is 36.4 Å². The van der Waals surface area contributed by atoms with Crippen molar-refractivity contribution in [2.45, 2.75) is 0 Å². The molecule has 0 unspecified atom stereocenters. The summed E-state index contributed by atoms with van der Waals surface area (Å²) in [6, 6.07) is 16.2. The maximum atomic E-state index is 4.56. The molecule has 1 aromatic carbocycles. The summed E-state index contributed by atoms with van der Waals surface area (Å²) < 4.78 is 0. The van der Waals surface area contributed by atoms with E-state index in [0.29, 0.717) is 0 Å². The third-order valence-electron chi connectivity index (χ3n) is 4.28. The van der Waals surface area contributed by atoms with E-state index >= 15 is 0 Å². The van der Waals surface area contributed by atoms with E-state index in [1.807, 2.05) is 48.9 Å². The Balaban J connectivity index is 1.43. The van der Waals surface area contributed by atoms with Gasteiger partial charge >= 0.3 is 0 Å². The molecule has 0 bridgehead atoms. The molecule has 3 heterocycles. The van der Waals surface area contributed by atoms with E-state index in [4.69, 9.17) is 0 Å². The highest BCUT2D eigenvalue weighted by Gasteiger charge is 2.19. The predicted octanol–water partition coefficient (Wildman–Crippen LogP) is 2.87. The minimum absolute atomic E-state index is 0.801. The van der Waals surface area contributed by atoms with E-state index in [9.17, 15) is 0 Å². The second kappa shape index (κ2) is 6.66. The summed E-state index contributed by atoms with van der Waals surface area (Å²) in [4.78, 5) is 18.1. The lowest BCUT2D eigenvalue weighted by molar-refractivity contribution is 0.635. The highest BCUT2D eigenvalue weighted by Crippen LogP contribution is 2.20. The monoisotopic (exact) mass is 317 g/mol. The minimum Gasteiger partial charge on any atom is -0.353 e. The van der Waals surface area contributed by atoms with Crippen LogP contribution in [0.25, 0.3) is 11.1 Å². The average Bonchev–Trinajstić information content (AvgIpc) is 2.70. The summed E-state index contributed by atoms with van der Waals surface area (Å²) >= 11 is 0. The molecule has 5 heteroatoms. The molecule has 0 radical (unpaired) electrons. The molecule has 0 atom stereocenters. The van der Waals surface area contributed by atoms with E-state index in [-0.39, 0.29) is 0 Å². The van der Waals surface area contributed by atoms with Crippen molar-refractivity contribution in [2.75, 3.05) is 36.0 Å². The third kappa shape index (κ3) is 3.06. The van der Waals surface area contributed by atoms with Crippen molar-refractivity contribution in [1.82, 2.24) is 15.0 Å². The highest BCUT2D eigenvalue weighted by atomic mass is 15.3. The number of hydrogen-bond donors (Lipinski definition) is 0. The number of aromatic nitrogens is 3. The van der Waals surface area contributed by atoms with Crippen LogP contribution in [0.1, 0.15) is 0 Å². The molecular formula is C19H19N5. The summed E-state index contributed by atoms with van der Waals surface area (Å²) in [5, 5.41) is 0. The van der Waals surface area contributed by atoms with Gasteiger partial charge in [-0.05, 0) is 17.7 Å². The molecule has 5 nitrogen and oxygen atoms in total. The van der Waals surface area contributed by atoms with Crippen LogP contribution in [-0.4, -0.2) is 41.1 Å². The van der Waals surface area contributed by atoms with Crippen molar-refractivity contribution in [3.63, 3.8) is 0 Å². The van der Waals surface area contributed by atoms with Crippen molar-refractivity contribution in [3.8, 4) is 11.1 Å². The Morgan fingerprint density at radius 1 is 0.625 bits per heavy atom. The standard InChI is InChI=1S/C19H19N5/c1-2-6-16(7-3-1)17-14-21-19(22-15-17)24-12-10-23(11-13-24)18-8-4-5-9-20-18/h1-9,14-15H,10-13H2. The van der Waals surface area contributed by atoms with E-state index in [1.54, 1.807) is 0 Å². The van der Waals surface area contributed by atoms with Gasteiger partial charge in [-0.3, -0.25) is 0 Å². The van der Waals surface area contributed by atoms with Crippen LogP contribution in [0, 0.1) is 0 Å². The predicted molar refractivity (Wildman–Crippen MR) is 96.1 cm³/mol. The van der Waals surface area contributed by atoms with Gasteiger partial charge in [0, 0.05) is 50.3 Å². The molecule has 1 aliphatic heterocycles. The maximum absolute atomic E-state index is 4.56. The zero-order valence-corrected chi connectivity index (χ0v) is 13.4. The van der Waals surface area contributed by atoms with Gasteiger partial charge < -0.3 is 9.80 Å². The first-order valence-corrected chi connectivity index (χ1v) is 8.18. The van der Waals surface area contributed by atoms with Gasteiger partial charge in [0.1, 0.15) is 5.82 Å². The lowest BCUT2D eigenvalue weighted by Gasteiger charge is -2.35. The van der Waals surface area contributed by atoms with Crippen molar-refractivity contribution in [1.29, 1.82) is 0 Å². The lowest BCUT2D eigenvalue weighted by atomic mass is 10.1. The van der Waals surface area contributed by atoms with Crippen molar-refractivity contribution < 1.29 is 0 Å². The molecule has 3 aromatic rings. The number of benzene rings is 1. The van der Waals surface area contributed by atoms with E-state index in [1.165, 1.54) is 0 Å². The van der Waals surface area contributed by atoms with Crippen LogP contribution < -0.4 is 9.80 Å². The van der Waals surface area contributed by atoms with Gasteiger partial charge in [-0.15, -0.1) is 0 Å². The summed E-state index contributed by atoms with van der Waals surface area (Å²) in [5.74, 6) is 1.84. The van der Waals surface area contributed by atoms with Crippen LogP contribution in [-0.2, 0) is 0 Å². The Morgan fingerprint density at radius 3 is 1.96 bits per heavy atom. The largest absolute Gasteiger partial charge is 0.353 e. The molecular weight excluding hydrogens is 298 g/mol. The van der Waals surface area contributed by atoms with Gasteiger partial charge in [0.05, 0.1) is 0 Å². The Morgan fingerprint density at radius 2 is 1.29 bits per heavy atom. The molecule has 0 amide bonds. The summed E-state index contributed by atoms with van der Waals surface area (Å²) in [5.41, 5.74) is 2.19. The quantitative estimate of drug-likeness (QED) is 0.743. The Hall–Kier alpha value is -2.95. The molecule has 1 aliphatic rings. The van der Waals surface area contributed by atoms with E-state index in [2.05, 4.69) is 43.0 Å². The molecule has 1 saturated heterocycles. The minimum atomic E-state index is 0.801.